The summed E-state index contributed by atoms with van der Waals surface area (Å²) in [6.45, 7) is 2.50. The summed E-state index contributed by atoms with van der Waals surface area (Å²) in [4.78, 5) is 0. The maximum atomic E-state index is 9.64. The van der Waals surface area contributed by atoms with Gasteiger partial charge in [0.15, 0.2) is 0 Å². The molecule has 15 heavy (non-hydrogen) atoms. The molecule has 0 bridgehead atoms. The van der Waals surface area contributed by atoms with Crippen LogP contribution in [-0.4, -0.2) is 23.4 Å². The molecule has 2 N–H and O–H groups in total. The van der Waals surface area contributed by atoms with Gasteiger partial charge in [-0.1, -0.05) is 6.07 Å². The largest absolute Gasteiger partial charge is 0.493 e. The van der Waals surface area contributed by atoms with Crippen molar-refractivity contribution in [1.82, 2.24) is 0 Å². The van der Waals surface area contributed by atoms with Crippen LogP contribution >= 0.6 is 15.9 Å². The first kappa shape index (κ1) is 12.5. The third-order valence-corrected chi connectivity index (χ3v) is 2.66. The van der Waals surface area contributed by atoms with Gasteiger partial charge in [-0.3, -0.25) is 0 Å². The fraction of sp³-hybridized carbons (Fsp3) is 0.455. The van der Waals surface area contributed by atoms with Crippen LogP contribution in [0.4, 0.5) is 0 Å². The Morgan fingerprint density at radius 2 is 2.20 bits per heavy atom. The molecule has 1 aromatic carbocycles. The number of rotatable bonds is 5. The van der Waals surface area contributed by atoms with E-state index < -0.39 is 6.10 Å². The Kier molecular flexibility index (Phi) is 5.08. The van der Waals surface area contributed by atoms with Crippen molar-refractivity contribution in [2.24, 2.45) is 0 Å². The van der Waals surface area contributed by atoms with E-state index in [0.717, 1.165) is 15.8 Å². The summed E-state index contributed by atoms with van der Waals surface area (Å²) in [7, 11) is 0. The number of aliphatic hydroxyl groups excluding tert-OH is 2. The second kappa shape index (κ2) is 6.10. The summed E-state index contributed by atoms with van der Waals surface area (Å²) in [5, 5.41) is 18.4. The molecule has 0 aliphatic carbocycles. The lowest BCUT2D eigenvalue weighted by Crippen LogP contribution is -2.01. The summed E-state index contributed by atoms with van der Waals surface area (Å²) in [6, 6.07) is 5.42. The molecular weight excluding hydrogens is 260 g/mol. The van der Waals surface area contributed by atoms with Crippen molar-refractivity contribution in [1.29, 1.82) is 0 Å². The normalized spacial score (nSPS) is 12.5. The number of halogens is 1. The fourth-order valence-corrected chi connectivity index (χ4v) is 1.80. The Morgan fingerprint density at radius 3 is 2.73 bits per heavy atom. The predicted molar refractivity (Wildman–Crippen MR) is 62.0 cm³/mol. The minimum Gasteiger partial charge on any atom is -0.493 e. The number of aliphatic hydroxyl groups is 2. The highest BCUT2D eigenvalue weighted by Gasteiger charge is 2.09. The average Bonchev–Trinajstić information content (AvgIpc) is 2.21. The lowest BCUT2D eigenvalue weighted by molar-refractivity contribution is 0.134. The second-order valence-electron chi connectivity index (χ2n) is 3.15. The molecule has 0 heterocycles. The van der Waals surface area contributed by atoms with E-state index in [1.54, 1.807) is 6.07 Å². The lowest BCUT2D eigenvalue weighted by atomic mass is 10.1. The van der Waals surface area contributed by atoms with E-state index in [2.05, 4.69) is 15.9 Å². The van der Waals surface area contributed by atoms with Gasteiger partial charge in [-0.15, -0.1) is 0 Å². The van der Waals surface area contributed by atoms with Crippen LogP contribution < -0.4 is 4.74 Å². The van der Waals surface area contributed by atoms with Gasteiger partial charge in [0.25, 0.3) is 0 Å². The van der Waals surface area contributed by atoms with E-state index in [9.17, 15) is 5.11 Å². The van der Waals surface area contributed by atoms with E-state index >= 15 is 0 Å². The summed E-state index contributed by atoms with van der Waals surface area (Å²) >= 11 is 3.37. The van der Waals surface area contributed by atoms with E-state index in [0.29, 0.717) is 13.0 Å². The first-order valence-electron chi connectivity index (χ1n) is 4.90. The summed E-state index contributed by atoms with van der Waals surface area (Å²) < 4.78 is 6.17. The van der Waals surface area contributed by atoms with Gasteiger partial charge in [-0.25, -0.2) is 0 Å². The summed E-state index contributed by atoms with van der Waals surface area (Å²) in [5.74, 6) is 0.762. The van der Waals surface area contributed by atoms with Gasteiger partial charge >= 0.3 is 0 Å². The molecule has 4 heteroatoms. The first-order chi connectivity index (χ1) is 7.19. The minimum absolute atomic E-state index is 0.0218. The van der Waals surface area contributed by atoms with Crippen LogP contribution in [0, 0.1) is 0 Å². The summed E-state index contributed by atoms with van der Waals surface area (Å²) in [6.07, 6.45) is -0.276. The van der Waals surface area contributed by atoms with Gasteiger partial charge in [0.1, 0.15) is 5.75 Å². The van der Waals surface area contributed by atoms with Crippen LogP contribution in [-0.2, 0) is 0 Å². The smallest absolute Gasteiger partial charge is 0.133 e. The van der Waals surface area contributed by atoms with Crippen molar-refractivity contribution < 1.29 is 14.9 Å². The van der Waals surface area contributed by atoms with E-state index in [1.807, 2.05) is 19.1 Å². The Bertz CT molecular complexity index is 315. The molecular formula is C11H15BrO3. The van der Waals surface area contributed by atoms with Crippen molar-refractivity contribution in [2.45, 2.75) is 19.4 Å². The molecule has 0 radical (unpaired) electrons. The Labute approximate surface area is 97.8 Å². The zero-order valence-corrected chi connectivity index (χ0v) is 10.2. The molecule has 0 aliphatic rings. The second-order valence-corrected chi connectivity index (χ2v) is 4.01. The Hall–Kier alpha value is -0.580. The molecule has 0 aromatic heterocycles. The molecule has 0 saturated heterocycles. The zero-order chi connectivity index (χ0) is 11.3. The van der Waals surface area contributed by atoms with Gasteiger partial charge in [0.2, 0.25) is 0 Å². The SMILES string of the molecule is CCOc1ccc(C(O)CCO)cc1Br. The van der Waals surface area contributed by atoms with Gasteiger partial charge in [0, 0.05) is 13.0 Å². The minimum atomic E-state index is -0.623. The monoisotopic (exact) mass is 274 g/mol. The molecule has 0 amide bonds. The van der Waals surface area contributed by atoms with Crippen molar-refractivity contribution in [3.63, 3.8) is 0 Å². The van der Waals surface area contributed by atoms with Gasteiger partial charge in [-0.2, -0.15) is 0 Å². The molecule has 1 unspecified atom stereocenters. The number of ether oxygens (including phenoxy) is 1. The first-order valence-corrected chi connectivity index (χ1v) is 5.69. The van der Waals surface area contributed by atoms with Crippen molar-refractivity contribution >= 4 is 15.9 Å². The fourth-order valence-electron chi connectivity index (χ4n) is 1.29. The van der Waals surface area contributed by atoms with Crippen LogP contribution in [0.1, 0.15) is 25.0 Å². The van der Waals surface area contributed by atoms with E-state index in [4.69, 9.17) is 9.84 Å². The maximum absolute atomic E-state index is 9.64. The zero-order valence-electron chi connectivity index (χ0n) is 8.61. The van der Waals surface area contributed by atoms with Crippen LogP contribution in [0.25, 0.3) is 0 Å². The van der Waals surface area contributed by atoms with Crippen LogP contribution in [0.2, 0.25) is 0 Å². The Balaban J connectivity index is 2.81. The van der Waals surface area contributed by atoms with Crippen molar-refractivity contribution in [2.75, 3.05) is 13.2 Å². The van der Waals surface area contributed by atoms with Crippen LogP contribution in [0.15, 0.2) is 22.7 Å². The third-order valence-electron chi connectivity index (χ3n) is 2.04. The van der Waals surface area contributed by atoms with Gasteiger partial charge in [0.05, 0.1) is 17.2 Å². The van der Waals surface area contributed by atoms with E-state index in [-0.39, 0.29) is 6.61 Å². The van der Waals surface area contributed by atoms with Crippen LogP contribution in [0.5, 0.6) is 5.75 Å². The maximum Gasteiger partial charge on any atom is 0.133 e. The topological polar surface area (TPSA) is 49.7 Å². The number of hydrogen-bond donors (Lipinski definition) is 2. The van der Waals surface area contributed by atoms with Gasteiger partial charge in [-0.05, 0) is 40.5 Å². The molecule has 0 spiro atoms. The third kappa shape index (κ3) is 3.48. The highest BCUT2D eigenvalue weighted by Crippen LogP contribution is 2.29. The molecule has 84 valence electrons. The number of benzene rings is 1. The molecule has 0 fully saturated rings. The standard InChI is InChI=1S/C11H15BrO3/c1-2-15-11-4-3-8(7-9(11)12)10(14)5-6-13/h3-4,7,10,13-14H,2,5-6H2,1H3. The molecule has 1 rings (SSSR count). The molecule has 0 aliphatic heterocycles. The average molecular weight is 275 g/mol. The predicted octanol–water partition coefficient (Wildman–Crippen LogP) is 2.26. The Morgan fingerprint density at radius 1 is 1.47 bits per heavy atom. The van der Waals surface area contributed by atoms with E-state index in [1.165, 1.54) is 0 Å². The van der Waals surface area contributed by atoms with Crippen LogP contribution in [0.3, 0.4) is 0 Å². The van der Waals surface area contributed by atoms with Crippen molar-refractivity contribution in [3.05, 3.63) is 28.2 Å². The molecule has 1 atom stereocenters. The molecule has 1 aromatic rings. The highest BCUT2D eigenvalue weighted by atomic mass is 79.9. The lowest BCUT2D eigenvalue weighted by Gasteiger charge is -2.12. The quantitative estimate of drug-likeness (QED) is 0.866. The molecule has 3 nitrogen and oxygen atoms in total. The highest BCUT2D eigenvalue weighted by molar-refractivity contribution is 9.10. The summed E-state index contributed by atoms with van der Waals surface area (Å²) in [5.41, 5.74) is 0.777. The van der Waals surface area contributed by atoms with Crippen molar-refractivity contribution in [3.8, 4) is 5.75 Å². The molecule has 0 saturated carbocycles. The number of hydrogen-bond acceptors (Lipinski definition) is 3. The van der Waals surface area contributed by atoms with Gasteiger partial charge < -0.3 is 14.9 Å².